The zero-order valence-electron chi connectivity index (χ0n) is 10.9. The number of hydrogen-bond donors (Lipinski definition) is 1. The highest BCUT2D eigenvalue weighted by atomic mass is 19.1. The molecule has 0 radical (unpaired) electrons. The molecule has 0 bridgehead atoms. The molecule has 3 heterocycles. The number of anilines is 2. The van der Waals surface area contributed by atoms with Gasteiger partial charge in [0, 0.05) is 31.2 Å². The monoisotopic (exact) mass is 268 g/mol. The molecule has 1 aromatic heterocycles. The molecule has 2 aliphatic rings. The van der Waals surface area contributed by atoms with E-state index in [1.54, 1.807) is 0 Å². The molecule has 0 spiro atoms. The van der Waals surface area contributed by atoms with Crippen molar-refractivity contribution in [1.29, 1.82) is 0 Å². The molecule has 3 rings (SSSR count). The van der Waals surface area contributed by atoms with Crippen molar-refractivity contribution < 1.29 is 8.78 Å². The maximum atomic E-state index is 13.9. The Morgan fingerprint density at radius 2 is 2.11 bits per heavy atom. The highest BCUT2D eigenvalue weighted by Crippen LogP contribution is 2.30. The van der Waals surface area contributed by atoms with Crippen LogP contribution >= 0.6 is 0 Å². The van der Waals surface area contributed by atoms with E-state index in [-0.39, 0.29) is 17.7 Å². The first-order valence-corrected chi connectivity index (χ1v) is 6.68. The summed E-state index contributed by atoms with van der Waals surface area (Å²) < 4.78 is 27.1. The van der Waals surface area contributed by atoms with E-state index in [0.717, 1.165) is 32.1 Å². The minimum Gasteiger partial charge on any atom is -0.381 e. The molecule has 0 amide bonds. The number of rotatable bonds is 1. The molecule has 2 unspecified atom stereocenters. The molecular weight excluding hydrogens is 250 g/mol. The van der Waals surface area contributed by atoms with Crippen LogP contribution in [0.2, 0.25) is 0 Å². The molecule has 0 aliphatic carbocycles. The number of aromatic nitrogens is 1. The predicted octanol–water partition coefficient (Wildman–Crippen LogP) is 1.61. The lowest BCUT2D eigenvalue weighted by atomic mass is 10.1. The number of nitrogen functional groups attached to an aromatic ring is 1. The number of nitrogens with two attached hydrogens (primary N) is 1. The number of fused-ring (bicyclic) bond motifs is 1. The minimum absolute atomic E-state index is 0.154. The lowest BCUT2D eigenvalue weighted by Gasteiger charge is -2.43. The van der Waals surface area contributed by atoms with E-state index >= 15 is 0 Å². The van der Waals surface area contributed by atoms with Gasteiger partial charge in [-0.1, -0.05) is 0 Å². The molecule has 19 heavy (non-hydrogen) atoms. The summed E-state index contributed by atoms with van der Waals surface area (Å²) in [5, 5.41) is 0. The highest BCUT2D eigenvalue weighted by molar-refractivity contribution is 5.48. The van der Waals surface area contributed by atoms with E-state index in [9.17, 15) is 8.78 Å². The van der Waals surface area contributed by atoms with Crippen molar-refractivity contribution in [2.24, 2.45) is 0 Å². The Hall–Kier alpha value is -1.43. The van der Waals surface area contributed by atoms with Crippen LogP contribution in [0, 0.1) is 11.6 Å². The van der Waals surface area contributed by atoms with Crippen molar-refractivity contribution >= 4 is 11.6 Å². The third-order valence-corrected chi connectivity index (χ3v) is 4.15. The Labute approximate surface area is 111 Å². The number of pyridine rings is 1. The maximum absolute atomic E-state index is 13.9. The number of hydrogen-bond acceptors (Lipinski definition) is 4. The Bertz CT molecular complexity index is 494. The normalized spacial score (nSPS) is 27.6. The topological polar surface area (TPSA) is 45.4 Å². The first-order chi connectivity index (χ1) is 9.06. The quantitative estimate of drug-likeness (QED) is 0.840. The lowest BCUT2D eigenvalue weighted by molar-refractivity contribution is 0.201. The summed E-state index contributed by atoms with van der Waals surface area (Å²) in [7, 11) is 0. The lowest BCUT2D eigenvalue weighted by Crippen LogP contribution is -2.55. The fraction of sp³-hybridized carbons (Fsp3) is 0.615. The molecule has 1 aromatic rings. The van der Waals surface area contributed by atoms with Gasteiger partial charge in [-0.25, -0.2) is 13.8 Å². The van der Waals surface area contributed by atoms with E-state index < -0.39 is 11.6 Å². The van der Waals surface area contributed by atoms with Gasteiger partial charge in [0.2, 0.25) is 0 Å². The van der Waals surface area contributed by atoms with E-state index in [4.69, 9.17) is 5.73 Å². The third-order valence-electron chi connectivity index (χ3n) is 4.15. The van der Waals surface area contributed by atoms with Gasteiger partial charge in [-0.3, -0.25) is 4.90 Å². The average molecular weight is 268 g/mol. The molecular formula is C13H18F2N4. The Balaban J connectivity index is 1.91. The van der Waals surface area contributed by atoms with Crippen LogP contribution in [0.1, 0.15) is 19.8 Å². The van der Waals surface area contributed by atoms with Gasteiger partial charge in [-0.15, -0.1) is 0 Å². The van der Waals surface area contributed by atoms with Gasteiger partial charge in [0.15, 0.2) is 23.3 Å². The van der Waals surface area contributed by atoms with Crippen molar-refractivity contribution in [1.82, 2.24) is 9.88 Å². The van der Waals surface area contributed by atoms with E-state index in [1.807, 2.05) is 11.8 Å². The molecule has 2 N–H and O–H groups in total. The zero-order chi connectivity index (χ0) is 13.6. The van der Waals surface area contributed by atoms with Gasteiger partial charge in [0.1, 0.15) is 0 Å². The van der Waals surface area contributed by atoms with Crippen molar-refractivity contribution in [3.8, 4) is 0 Å². The maximum Gasteiger partial charge on any atom is 0.168 e. The number of nitrogens with zero attached hydrogens (tertiary/aromatic N) is 3. The molecule has 2 saturated heterocycles. The van der Waals surface area contributed by atoms with Crippen LogP contribution in [-0.4, -0.2) is 41.6 Å². The van der Waals surface area contributed by atoms with Crippen LogP contribution in [-0.2, 0) is 0 Å². The standard InChI is InChI=1S/C13H18F2N4/c1-8-6-18-4-2-3-9(18)7-19(8)13-11(15)5-10(14)12(16)17-13/h5,8-9H,2-4,6-7H2,1H3,(H2,16,17). The van der Waals surface area contributed by atoms with Gasteiger partial charge in [0.25, 0.3) is 0 Å². The summed E-state index contributed by atoms with van der Waals surface area (Å²) in [6.45, 7) is 4.78. The van der Waals surface area contributed by atoms with E-state index in [2.05, 4.69) is 9.88 Å². The molecule has 0 saturated carbocycles. The van der Waals surface area contributed by atoms with E-state index in [0.29, 0.717) is 6.04 Å². The third kappa shape index (κ3) is 2.14. The van der Waals surface area contributed by atoms with Crippen LogP contribution in [0.3, 0.4) is 0 Å². The predicted molar refractivity (Wildman–Crippen MR) is 70.0 cm³/mol. The average Bonchev–Trinajstić information content (AvgIpc) is 2.80. The molecule has 104 valence electrons. The second-order valence-electron chi connectivity index (χ2n) is 5.45. The van der Waals surface area contributed by atoms with Crippen LogP contribution in [0.4, 0.5) is 20.4 Å². The van der Waals surface area contributed by atoms with Gasteiger partial charge >= 0.3 is 0 Å². The molecule has 2 atom stereocenters. The molecule has 2 fully saturated rings. The Kier molecular flexibility index (Phi) is 3.05. The van der Waals surface area contributed by atoms with Crippen LogP contribution in [0.15, 0.2) is 6.07 Å². The van der Waals surface area contributed by atoms with Gasteiger partial charge < -0.3 is 10.6 Å². The summed E-state index contributed by atoms with van der Waals surface area (Å²) in [5.74, 6) is -1.49. The number of halogens is 2. The van der Waals surface area contributed by atoms with Gasteiger partial charge in [0.05, 0.1) is 0 Å². The molecule has 6 heteroatoms. The SMILES string of the molecule is CC1CN2CCCC2CN1c1nc(N)c(F)cc1F. The van der Waals surface area contributed by atoms with Crippen LogP contribution in [0.25, 0.3) is 0 Å². The van der Waals surface area contributed by atoms with Crippen molar-refractivity contribution in [3.63, 3.8) is 0 Å². The second kappa shape index (κ2) is 4.59. The largest absolute Gasteiger partial charge is 0.381 e. The van der Waals surface area contributed by atoms with Crippen LogP contribution < -0.4 is 10.6 Å². The van der Waals surface area contributed by atoms with Crippen molar-refractivity contribution in [3.05, 3.63) is 17.7 Å². The van der Waals surface area contributed by atoms with Gasteiger partial charge in [-0.05, 0) is 26.3 Å². The summed E-state index contributed by atoms with van der Waals surface area (Å²) in [5.41, 5.74) is 5.46. The summed E-state index contributed by atoms with van der Waals surface area (Å²) in [4.78, 5) is 8.25. The minimum atomic E-state index is -0.798. The zero-order valence-corrected chi connectivity index (χ0v) is 10.9. The Morgan fingerprint density at radius 3 is 2.89 bits per heavy atom. The van der Waals surface area contributed by atoms with Crippen molar-refractivity contribution in [2.75, 3.05) is 30.3 Å². The fourth-order valence-corrected chi connectivity index (χ4v) is 3.15. The molecule has 4 nitrogen and oxygen atoms in total. The highest BCUT2D eigenvalue weighted by Gasteiger charge is 2.36. The Morgan fingerprint density at radius 1 is 1.32 bits per heavy atom. The van der Waals surface area contributed by atoms with Gasteiger partial charge in [-0.2, -0.15) is 0 Å². The fourth-order valence-electron chi connectivity index (χ4n) is 3.15. The summed E-state index contributed by atoms with van der Waals surface area (Å²) >= 11 is 0. The second-order valence-corrected chi connectivity index (χ2v) is 5.45. The first kappa shape index (κ1) is 12.6. The molecule has 0 aromatic carbocycles. The number of piperazine rings is 1. The smallest absolute Gasteiger partial charge is 0.168 e. The van der Waals surface area contributed by atoms with Crippen LogP contribution in [0.5, 0.6) is 0 Å². The molecule has 2 aliphatic heterocycles. The van der Waals surface area contributed by atoms with Crippen molar-refractivity contribution in [2.45, 2.75) is 31.8 Å². The summed E-state index contributed by atoms with van der Waals surface area (Å²) in [6, 6.07) is 1.43. The summed E-state index contributed by atoms with van der Waals surface area (Å²) in [6.07, 6.45) is 2.31. The first-order valence-electron chi connectivity index (χ1n) is 6.68. The van der Waals surface area contributed by atoms with E-state index in [1.165, 1.54) is 6.42 Å².